The number of aromatic nitrogens is 1. The molecular formula is C18H18N4O3S. The molecule has 1 aromatic carbocycles. The van der Waals surface area contributed by atoms with Crippen molar-refractivity contribution in [1.82, 2.24) is 14.3 Å². The largest absolute Gasteiger partial charge is 0.272 e. The van der Waals surface area contributed by atoms with Crippen LogP contribution in [-0.2, 0) is 21.4 Å². The Morgan fingerprint density at radius 2 is 1.92 bits per heavy atom. The van der Waals surface area contributed by atoms with Crippen LogP contribution < -0.4 is 0 Å². The van der Waals surface area contributed by atoms with Gasteiger partial charge in [0.2, 0.25) is 10.0 Å². The van der Waals surface area contributed by atoms with Crippen LogP contribution in [0.3, 0.4) is 0 Å². The summed E-state index contributed by atoms with van der Waals surface area (Å²) in [6, 6.07) is 12.7. The first-order chi connectivity index (χ1) is 12.6. The molecule has 0 bridgehead atoms. The number of piperidine rings is 1. The zero-order valence-corrected chi connectivity index (χ0v) is 14.8. The number of carbonyl (C=O) groups excluding carboxylic acids is 1. The molecule has 2 aliphatic rings. The summed E-state index contributed by atoms with van der Waals surface area (Å²) in [6.07, 6.45) is 3.32. The van der Waals surface area contributed by atoms with Crippen molar-refractivity contribution in [3.8, 4) is 0 Å². The summed E-state index contributed by atoms with van der Waals surface area (Å²) in [6.45, 7) is 0.833. The van der Waals surface area contributed by atoms with E-state index in [2.05, 4.69) is 10.1 Å². The fraction of sp³-hybridized carbons (Fsp3) is 0.278. The lowest BCUT2D eigenvalue weighted by atomic mass is 9.96. The minimum absolute atomic E-state index is 0.0534. The summed E-state index contributed by atoms with van der Waals surface area (Å²) in [5, 5.41) is 5.88. The molecule has 4 rings (SSSR count). The van der Waals surface area contributed by atoms with Crippen molar-refractivity contribution in [3.05, 3.63) is 60.4 Å². The smallest absolute Gasteiger partial charge is 0.251 e. The lowest BCUT2D eigenvalue weighted by Crippen LogP contribution is -2.44. The second-order valence-electron chi connectivity index (χ2n) is 6.34. The lowest BCUT2D eigenvalue weighted by Gasteiger charge is -2.28. The molecule has 0 spiro atoms. The van der Waals surface area contributed by atoms with E-state index < -0.39 is 10.0 Å². The lowest BCUT2D eigenvalue weighted by molar-refractivity contribution is -0.132. The summed E-state index contributed by atoms with van der Waals surface area (Å²) in [5.74, 6) is -0.374. The number of fused-ring (bicyclic) bond motifs is 1. The number of carbonyl (C=O) groups is 1. The van der Waals surface area contributed by atoms with Crippen molar-refractivity contribution in [2.24, 2.45) is 11.0 Å². The van der Waals surface area contributed by atoms with Crippen LogP contribution in [0.25, 0.3) is 0 Å². The van der Waals surface area contributed by atoms with Gasteiger partial charge in [0.1, 0.15) is 4.90 Å². The Kier molecular flexibility index (Phi) is 4.29. The van der Waals surface area contributed by atoms with Gasteiger partial charge in [-0.3, -0.25) is 9.78 Å². The van der Waals surface area contributed by atoms with Gasteiger partial charge in [-0.1, -0.05) is 30.3 Å². The number of hydrogen-bond donors (Lipinski definition) is 0. The molecule has 0 saturated carbocycles. The fourth-order valence-corrected chi connectivity index (χ4v) is 4.68. The summed E-state index contributed by atoms with van der Waals surface area (Å²) in [4.78, 5) is 16.6. The van der Waals surface area contributed by atoms with E-state index in [0.29, 0.717) is 25.2 Å². The number of benzene rings is 1. The van der Waals surface area contributed by atoms with E-state index in [-0.39, 0.29) is 23.3 Å². The first-order valence-corrected chi connectivity index (χ1v) is 9.82. The van der Waals surface area contributed by atoms with E-state index in [0.717, 1.165) is 5.56 Å². The molecule has 26 heavy (non-hydrogen) atoms. The molecule has 1 saturated heterocycles. The van der Waals surface area contributed by atoms with Gasteiger partial charge in [-0.2, -0.15) is 9.41 Å². The van der Waals surface area contributed by atoms with Crippen LogP contribution in [0.2, 0.25) is 0 Å². The first-order valence-electron chi connectivity index (χ1n) is 8.38. The fourth-order valence-electron chi connectivity index (χ4n) is 3.28. The number of pyridine rings is 1. The highest BCUT2D eigenvalue weighted by Crippen LogP contribution is 2.28. The molecule has 134 valence electrons. The number of amides is 1. The zero-order chi connectivity index (χ0) is 18.1. The summed E-state index contributed by atoms with van der Waals surface area (Å²) >= 11 is 0. The maximum atomic E-state index is 12.8. The minimum Gasteiger partial charge on any atom is -0.272 e. The molecule has 1 atom stereocenters. The van der Waals surface area contributed by atoms with Gasteiger partial charge in [0.05, 0.1) is 24.7 Å². The van der Waals surface area contributed by atoms with Gasteiger partial charge in [0.25, 0.3) is 5.91 Å². The summed E-state index contributed by atoms with van der Waals surface area (Å²) in [5.41, 5.74) is 1.60. The standard InChI is InChI=1S/C18H18N4O3S/c23-18-16-8-10-21(26(24,25)15-7-4-9-19-11-15)13-17(16)20-22(18)12-14-5-2-1-3-6-14/h1-7,9,11,16H,8,10,12-13H2. The third kappa shape index (κ3) is 3.02. The average molecular weight is 370 g/mol. The number of hydrogen-bond acceptors (Lipinski definition) is 5. The third-order valence-electron chi connectivity index (χ3n) is 4.66. The summed E-state index contributed by atoms with van der Waals surface area (Å²) in [7, 11) is -3.63. The Hall–Kier alpha value is -2.58. The Bertz CT molecular complexity index is 945. The molecule has 2 aromatic rings. The predicted molar refractivity (Wildman–Crippen MR) is 95.5 cm³/mol. The maximum absolute atomic E-state index is 12.8. The molecule has 3 heterocycles. The molecular weight excluding hydrogens is 352 g/mol. The summed E-state index contributed by atoms with van der Waals surface area (Å²) < 4.78 is 26.9. The van der Waals surface area contributed by atoms with Gasteiger partial charge < -0.3 is 0 Å². The highest BCUT2D eigenvalue weighted by molar-refractivity contribution is 7.89. The third-order valence-corrected chi connectivity index (χ3v) is 6.49. The van der Waals surface area contributed by atoms with Crippen molar-refractivity contribution in [1.29, 1.82) is 0 Å². The number of nitrogens with zero attached hydrogens (tertiary/aromatic N) is 4. The Balaban J connectivity index is 1.54. The van der Waals surface area contributed by atoms with Gasteiger partial charge in [-0.25, -0.2) is 13.4 Å². The van der Waals surface area contributed by atoms with Gasteiger partial charge in [-0.05, 0) is 24.1 Å². The molecule has 7 nitrogen and oxygen atoms in total. The zero-order valence-electron chi connectivity index (χ0n) is 14.0. The molecule has 0 aliphatic carbocycles. The van der Waals surface area contributed by atoms with Crippen LogP contribution in [0.4, 0.5) is 0 Å². The molecule has 2 aliphatic heterocycles. The maximum Gasteiger partial charge on any atom is 0.251 e. The Labute approximate surface area is 152 Å². The van der Waals surface area contributed by atoms with Gasteiger partial charge in [0.15, 0.2) is 0 Å². The SMILES string of the molecule is O=C1C2CCN(S(=O)(=O)c3cccnc3)CC2=NN1Cc1ccccc1. The molecule has 0 N–H and O–H groups in total. The molecule has 1 aromatic heterocycles. The van der Waals surface area contributed by atoms with E-state index in [1.165, 1.54) is 27.8 Å². The first kappa shape index (κ1) is 16.9. The minimum atomic E-state index is -3.63. The van der Waals surface area contributed by atoms with Crippen molar-refractivity contribution < 1.29 is 13.2 Å². The van der Waals surface area contributed by atoms with Crippen LogP contribution in [0.1, 0.15) is 12.0 Å². The highest BCUT2D eigenvalue weighted by atomic mass is 32.2. The molecule has 0 radical (unpaired) electrons. The second-order valence-corrected chi connectivity index (χ2v) is 8.28. The van der Waals surface area contributed by atoms with Crippen molar-refractivity contribution in [2.75, 3.05) is 13.1 Å². The van der Waals surface area contributed by atoms with Crippen LogP contribution in [0.15, 0.2) is 64.9 Å². The van der Waals surface area contributed by atoms with E-state index in [9.17, 15) is 13.2 Å². The topological polar surface area (TPSA) is 82.9 Å². The normalized spacial score (nSPS) is 20.8. The highest BCUT2D eigenvalue weighted by Gasteiger charge is 2.42. The number of hydrazone groups is 1. The Morgan fingerprint density at radius 3 is 2.65 bits per heavy atom. The van der Waals surface area contributed by atoms with Crippen molar-refractivity contribution in [2.45, 2.75) is 17.9 Å². The van der Waals surface area contributed by atoms with E-state index in [1.807, 2.05) is 30.3 Å². The van der Waals surface area contributed by atoms with Gasteiger partial charge in [-0.15, -0.1) is 0 Å². The number of sulfonamides is 1. The van der Waals surface area contributed by atoms with Crippen LogP contribution in [0.5, 0.6) is 0 Å². The predicted octanol–water partition coefficient (Wildman–Crippen LogP) is 1.49. The average Bonchev–Trinajstić information content (AvgIpc) is 2.98. The van der Waals surface area contributed by atoms with Crippen LogP contribution in [-0.4, -0.2) is 47.4 Å². The van der Waals surface area contributed by atoms with E-state index >= 15 is 0 Å². The molecule has 1 unspecified atom stereocenters. The van der Waals surface area contributed by atoms with E-state index in [1.54, 1.807) is 6.07 Å². The quantitative estimate of drug-likeness (QED) is 0.816. The van der Waals surface area contributed by atoms with Crippen LogP contribution >= 0.6 is 0 Å². The monoisotopic (exact) mass is 370 g/mol. The van der Waals surface area contributed by atoms with Crippen molar-refractivity contribution in [3.63, 3.8) is 0 Å². The van der Waals surface area contributed by atoms with Crippen LogP contribution in [0, 0.1) is 5.92 Å². The molecule has 8 heteroatoms. The van der Waals surface area contributed by atoms with Gasteiger partial charge in [0, 0.05) is 18.9 Å². The molecule has 1 amide bonds. The second kappa shape index (κ2) is 6.62. The number of rotatable bonds is 4. The van der Waals surface area contributed by atoms with Crippen molar-refractivity contribution >= 4 is 21.6 Å². The molecule has 1 fully saturated rings. The van der Waals surface area contributed by atoms with E-state index in [4.69, 9.17) is 0 Å². The van der Waals surface area contributed by atoms with Gasteiger partial charge >= 0.3 is 0 Å². The Morgan fingerprint density at radius 1 is 1.12 bits per heavy atom.